The molecule has 1 aliphatic heterocycles. The molecule has 122 valence electrons. The SMILES string of the molecule is CCOc1cc(C(=O)CN2CCNCC2)c(OCC)cc1Cl. The van der Waals surface area contributed by atoms with Gasteiger partial charge >= 0.3 is 0 Å². The van der Waals surface area contributed by atoms with Crippen molar-refractivity contribution in [3.63, 3.8) is 0 Å². The number of ketones is 1. The third-order valence-electron chi connectivity index (χ3n) is 3.51. The van der Waals surface area contributed by atoms with Crippen LogP contribution in [-0.2, 0) is 0 Å². The molecule has 0 aromatic heterocycles. The Bertz CT molecular complexity index is 516. The van der Waals surface area contributed by atoms with Crippen molar-refractivity contribution in [3.8, 4) is 11.5 Å². The number of nitrogens with one attached hydrogen (secondary N) is 1. The van der Waals surface area contributed by atoms with E-state index in [0.29, 0.717) is 41.8 Å². The average Bonchev–Trinajstić information content (AvgIpc) is 2.51. The van der Waals surface area contributed by atoms with Crippen LogP contribution >= 0.6 is 11.6 Å². The second-order valence-electron chi connectivity index (χ2n) is 5.09. The minimum atomic E-state index is 0.0305. The first-order chi connectivity index (χ1) is 10.7. The van der Waals surface area contributed by atoms with Crippen LogP contribution in [0.15, 0.2) is 12.1 Å². The lowest BCUT2D eigenvalue weighted by Gasteiger charge is -2.26. The van der Waals surface area contributed by atoms with E-state index in [-0.39, 0.29) is 5.78 Å². The van der Waals surface area contributed by atoms with E-state index < -0.39 is 0 Å². The number of ether oxygens (including phenoxy) is 2. The summed E-state index contributed by atoms with van der Waals surface area (Å²) in [6, 6.07) is 3.36. The van der Waals surface area contributed by atoms with E-state index in [4.69, 9.17) is 21.1 Å². The molecule has 0 atom stereocenters. The number of hydrogen-bond donors (Lipinski definition) is 1. The Morgan fingerprint density at radius 2 is 1.82 bits per heavy atom. The largest absolute Gasteiger partial charge is 0.493 e. The number of nitrogens with zero attached hydrogens (tertiary/aromatic N) is 1. The molecule has 1 saturated heterocycles. The van der Waals surface area contributed by atoms with Crippen LogP contribution in [0.25, 0.3) is 0 Å². The number of benzene rings is 1. The van der Waals surface area contributed by atoms with Gasteiger partial charge in [-0.05, 0) is 19.9 Å². The van der Waals surface area contributed by atoms with Gasteiger partial charge in [0.2, 0.25) is 0 Å². The molecule has 0 unspecified atom stereocenters. The molecule has 1 N–H and O–H groups in total. The van der Waals surface area contributed by atoms with Crippen molar-refractivity contribution in [2.45, 2.75) is 13.8 Å². The summed E-state index contributed by atoms with van der Waals surface area (Å²) in [5.41, 5.74) is 0.535. The number of carbonyl (C=O) groups excluding carboxylic acids is 1. The summed E-state index contributed by atoms with van der Waals surface area (Å²) in [7, 11) is 0. The van der Waals surface area contributed by atoms with Crippen LogP contribution in [0.4, 0.5) is 0 Å². The van der Waals surface area contributed by atoms with E-state index >= 15 is 0 Å². The molecule has 5 nitrogen and oxygen atoms in total. The third kappa shape index (κ3) is 4.35. The van der Waals surface area contributed by atoms with E-state index in [9.17, 15) is 4.79 Å². The van der Waals surface area contributed by atoms with Crippen LogP contribution in [-0.4, -0.2) is 56.6 Å². The molecular formula is C16H23ClN2O3. The zero-order valence-electron chi connectivity index (χ0n) is 13.2. The maximum Gasteiger partial charge on any atom is 0.180 e. The molecule has 6 heteroatoms. The second kappa shape index (κ2) is 8.36. The lowest BCUT2D eigenvalue weighted by Crippen LogP contribution is -2.45. The lowest BCUT2D eigenvalue weighted by atomic mass is 10.1. The number of rotatable bonds is 7. The van der Waals surface area contributed by atoms with E-state index in [2.05, 4.69) is 10.2 Å². The highest BCUT2D eigenvalue weighted by Crippen LogP contribution is 2.33. The molecule has 1 aromatic rings. The van der Waals surface area contributed by atoms with Gasteiger partial charge in [-0.1, -0.05) is 11.6 Å². The van der Waals surface area contributed by atoms with Gasteiger partial charge in [-0.25, -0.2) is 0 Å². The highest BCUT2D eigenvalue weighted by molar-refractivity contribution is 6.32. The summed E-state index contributed by atoms with van der Waals surface area (Å²) in [4.78, 5) is 14.8. The molecule has 1 heterocycles. The molecule has 0 aliphatic carbocycles. The maximum absolute atomic E-state index is 12.6. The summed E-state index contributed by atoms with van der Waals surface area (Å²) >= 11 is 6.18. The summed E-state index contributed by atoms with van der Waals surface area (Å²) in [6.45, 7) is 8.71. The fraction of sp³-hybridized carbons (Fsp3) is 0.562. The number of hydrogen-bond acceptors (Lipinski definition) is 5. The normalized spacial score (nSPS) is 15.6. The molecule has 1 aliphatic rings. The summed E-state index contributed by atoms with van der Waals surface area (Å²) in [5.74, 6) is 1.08. The zero-order chi connectivity index (χ0) is 15.9. The average molecular weight is 327 g/mol. The van der Waals surface area contributed by atoms with E-state index in [1.165, 1.54) is 0 Å². The number of halogens is 1. The number of carbonyl (C=O) groups is 1. The highest BCUT2D eigenvalue weighted by atomic mass is 35.5. The summed E-state index contributed by atoms with van der Waals surface area (Å²) in [6.07, 6.45) is 0. The van der Waals surface area contributed by atoms with E-state index in [0.717, 1.165) is 26.2 Å². The third-order valence-corrected chi connectivity index (χ3v) is 3.81. The molecule has 0 radical (unpaired) electrons. The summed E-state index contributed by atoms with van der Waals surface area (Å²) in [5, 5.41) is 3.74. The molecule has 0 spiro atoms. The second-order valence-corrected chi connectivity index (χ2v) is 5.50. The van der Waals surface area contributed by atoms with Gasteiger partial charge in [-0.2, -0.15) is 0 Å². The van der Waals surface area contributed by atoms with Gasteiger partial charge in [0.1, 0.15) is 11.5 Å². The Morgan fingerprint density at radius 1 is 1.18 bits per heavy atom. The minimum absolute atomic E-state index is 0.0305. The summed E-state index contributed by atoms with van der Waals surface area (Å²) < 4.78 is 11.1. The monoisotopic (exact) mass is 326 g/mol. The van der Waals surface area contributed by atoms with Crippen LogP contribution in [0, 0.1) is 0 Å². The van der Waals surface area contributed by atoms with Crippen molar-refractivity contribution in [3.05, 3.63) is 22.7 Å². The van der Waals surface area contributed by atoms with Crippen LogP contribution in [0.5, 0.6) is 11.5 Å². The Morgan fingerprint density at radius 3 is 2.45 bits per heavy atom. The van der Waals surface area contributed by atoms with E-state index in [1.54, 1.807) is 12.1 Å². The molecule has 0 bridgehead atoms. The molecule has 0 saturated carbocycles. The fourth-order valence-corrected chi connectivity index (χ4v) is 2.66. The first-order valence-corrected chi connectivity index (χ1v) is 8.08. The molecule has 0 amide bonds. The molecule has 2 rings (SSSR count). The van der Waals surface area contributed by atoms with Gasteiger partial charge in [-0.15, -0.1) is 0 Å². The van der Waals surface area contributed by atoms with Gasteiger partial charge < -0.3 is 14.8 Å². The van der Waals surface area contributed by atoms with Gasteiger partial charge in [0.15, 0.2) is 5.78 Å². The van der Waals surface area contributed by atoms with Crippen LogP contribution in [0.2, 0.25) is 5.02 Å². The van der Waals surface area contributed by atoms with Crippen molar-refractivity contribution in [2.75, 3.05) is 45.9 Å². The topological polar surface area (TPSA) is 50.8 Å². The van der Waals surface area contributed by atoms with Gasteiger partial charge in [0, 0.05) is 32.2 Å². The van der Waals surface area contributed by atoms with Crippen LogP contribution in [0.3, 0.4) is 0 Å². The first kappa shape index (κ1) is 17.1. The Hall–Kier alpha value is -1.30. The Labute approximate surface area is 136 Å². The lowest BCUT2D eigenvalue weighted by molar-refractivity contribution is 0.0917. The maximum atomic E-state index is 12.6. The Kier molecular flexibility index (Phi) is 6.49. The first-order valence-electron chi connectivity index (χ1n) is 7.71. The standard InChI is InChI=1S/C16H23ClN2O3/c1-3-21-15-10-13(17)16(22-4-2)9-12(15)14(20)11-19-7-5-18-6-8-19/h9-10,18H,3-8,11H2,1-2H3. The van der Waals surface area contributed by atoms with Crippen molar-refractivity contribution >= 4 is 17.4 Å². The van der Waals surface area contributed by atoms with Gasteiger partial charge in [0.25, 0.3) is 0 Å². The van der Waals surface area contributed by atoms with Crippen molar-refractivity contribution in [1.82, 2.24) is 10.2 Å². The van der Waals surface area contributed by atoms with Gasteiger partial charge in [0.05, 0.1) is 30.3 Å². The molecule has 1 fully saturated rings. The molecular weight excluding hydrogens is 304 g/mol. The quantitative estimate of drug-likeness (QED) is 0.779. The smallest absolute Gasteiger partial charge is 0.180 e. The number of piperazine rings is 1. The van der Waals surface area contributed by atoms with Crippen LogP contribution in [0.1, 0.15) is 24.2 Å². The van der Waals surface area contributed by atoms with Crippen molar-refractivity contribution in [1.29, 1.82) is 0 Å². The molecule has 22 heavy (non-hydrogen) atoms. The zero-order valence-corrected chi connectivity index (χ0v) is 13.9. The Balaban J connectivity index is 2.21. The van der Waals surface area contributed by atoms with Gasteiger partial charge in [-0.3, -0.25) is 9.69 Å². The minimum Gasteiger partial charge on any atom is -0.493 e. The highest BCUT2D eigenvalue weighted by Gasteiger charge is 2.20. The van der Waals surface area contributed by atoms with E-state index in [1.807, 2.05) is 13.8 Å². The number of Topliss-reactive ketones (excluding diaryl/α,β-unsaturated/α-hetero) is 1. The predicted octanol–water partition coefficient (Wildman–Crippen LogP) is 2.23. The van der Waals surface area contributed by atoms with Crippen molar-refractivity contribution < 1.29 is 14.3 Å². The molecule has 1 aromatic carbocycles. The van der Waals surface area contributed by atoms with Crippen LogP contribution < -0.4 is 14.8 Å². The predicted molar refractivity (Wildman–Crippen MR) is 87.4 cm³/mol. The fourth-order valence-electron chi connectivity index (χ4n) is 2.45. The van der Waals surface area contributed by atoms with Crippen molar-refractivity contribution in [2.24, 2.45) is 0 Å².